The van der Waals surface area contributed by atoms with Crippen molar-refractivity contribution in [3.8, 4) is 22.5 Å². The average molecular weight is 450 g/mol. The van der Waals surface area contributed by atoms with Crippen LogP contribution in [0.1, 0.15) is 0 Å². The third kappa shape index (κ3) is 4.17. The van der Waals surface area contributed by atoms with E-state index in [1.54, 1.807) is 48.4 Å². The first-order chi connectivity index (χ1) is 14.6. The van der Waals surface area contributed by atoms with Gasteiger partial charge in [0.1, 0.15) is 11.2 Å². The Balaban J connectivity index is 1.94. The molecule has 0 bridgehead atoms. The molecule has 160 valence electrons. The van der Waals surface area contributed by atoms with Gasteiger partial charge in [0.05, 0.1) is 30.1 Å². The minimum absolute atomic E-state index is 0.0654. The van der Waals surface area contributed by atoms with Crippen molar-refractivity contribution < 1.29 is 18.3 Å². The van der Waals surface area contributed by atoms with Crippen LogP contribution in [0.3, 0.4) is 0 Å². The van der Waals surface area contributed by atoms with E-state index >= 15 is 0 Å². The Morgan fingerprint density at radius 1 is 1.19 bits per heavy atom. The fraction of sp³-hybridized carbons (Fsp3) is 0.200. The molecule has 0 fully saturated rings. The minimum atomic E-state index is -4.86. The molecule has 4 aromatic rings. The van der Waals surface area contributed by atoms with E-state index in [1.165, 1.54) is 6.07 Å². The number of rotatable bonds is 4. The van der Waals surface area contributed by atoms with Gasteiger partial charge in [-0.25, -0.2) is 9.97 Å². The maximum absolute atomic E-state index is 13.0. The number of benzene rings is 1. The molecule has 0 radical (unpaired) electrons. The van der Waals surface area contributed by atoms with E-state index in [4.69, 9.17) is 11.6 Å². The molecule has 11 heteroatoms. The van der Waals surface area contributed by atoms with Crippen LogP contribution in [0.2, 0.25) is 5.02 Å². The molecule has 1 aromatic carbocycles. The topological polar surface area (TPSA) is 85.8 Å². The summed E-state index contributed by atoms with van der Waals surface area (Å²) < 4.78 is 40.6. The Bertz CT molecular complexity index is 1320. The van der Waals surface area contributed by atoms with Crippen molar-refractivity contribution in [3.05, 3.63) is 64.4 Å². The van der Waals surface area contributed by atoms with Crippen molar-refractivity contribution >= 4 is 22.5 Å². The van der Waals surface area contributed by atoms with Gasteiger partial charge >= 0.3 is 6.18 Å². The number of pyridine rings is 1. The van der Waals surface area contributed by atoms with Crippen LogP contribution in [-0.2, 0) is 13.6 Å². The molecule has 0 aliphatic carbocycles. The number of aliphatic hydroxyl groups excluding tert-OH is 1. The monoisotopic (exact) mass is 449 g/mol. The smallest absolute Gasteiger partial charge is 0.382 e. The van der Waals surface area contributed by atoms with E-state index in [0.717, 1.165) is 10.9 Å². The predicted molar refractivity (Wildman–Crippen MR) is 109 cm³/mol. The lowest BCUT2D eigenvalue weighted by Crippen LogP contribution is -2.36. The van der Waals surface area contributed by atoms with Gasteiger partial charge in [-0.2, -0.15) is 18.3 Å². The van der Waals surface area contributed by atoms with Gasteiger partial charge in [-0.15, -0.1) is 0 Å². The van der Waals surface area contributed by atoms with Gasteiger partial charge in [-0.05, 0) is 18.2 Å². The van der Waals surface area contributed by atoms with Crippen molar-refractivity contribution in [1.82, 2.24) is 24.3 Å². The molecule has 3 aromatic heterocycles. The average Bonchev–Trinajstić information content (AvgIpc) is 3.15. The van der Waals surface area contributed by atoms with E-state index in [2.05, 4.69) is 15.1 Å². The first-order valence-electron chi connectivity index (χ1n) is 9.03. The van der Waals surface area contributed by atoms with E-state index in [-0.39, 0.29) is 10.9 Å². The Hall–Kier alpha value is -3.24. The molecule has 3 heterocycles. The summed E-state index contributed by atoms with van der Waals surface area (Å²) in [4.78, 5) is 21.8. The van der Waals surface area contributed by atoms with Crippen LogP contribution in [-0.4, -0.2) is 41.7 Å². The van der Waals surface area contributed by atoms with Gasteiger partial charge in [-0.3, -0.25) is 14.0 Å². The standard InChI is InChI=1S/C20H15ClF3N5O2/c1-28-8-12(7-26-28)17-18-14(6-15(27-17)11-2-4-13(21)5-3-11)19(31)29(10-25-18)9-16(30)20(22,23)24/h2-8,10,16,30H,9H2,1H3. The van der Waals surface area contributed by atoms with Crippen LogP contribution >= 0.6 is 11.6 Å². The molecule has 31 heavy (non-hydrogen) atoms. The maximum Gasteiger partial charge on any atom is 0.416 e. The molecule has 0 aliphatic rings. The van der Waals surface area contributed by atoms with Crippen molar-refractivity contribution in [2.75, 3.05) is 0 Å². The van der Waals surface area contributed by atoms with Gasteiger partial charge in [0.2, 0.25) is 0 Å². The Morgan fingerprint density at radius 3 is 2.52 bits per heavy atom. The van der Waals surface area contributed by atoms with Crippen molar-refractivity contribution in [1.29, 1.82) is 0 Å². The molecule has 0 saturated carbocycles. The fourth-order valence-corrected chi connectivity index (χ4v) is 3.23. The number of aryl methyl sites for hydroxylation is 1. The molecule has 1 unspecified atom stereocenters. The number of alkyl halides is 3. The summed E-state index contributed by atoms with van der Waals surface area (Å²) >= 11 is 5.95. The molecular weight excluding hydrogens is 435 g/mol. The molecule has 0 spiro atoms. The second-order valence-corrected chi connectivity index (χ2v) is 7.36. The largest absolute Gasteiger partial charge is 0.416 e. The molecule has 4 rings (SSSR count). The number of hydrogen-bond acceptors (Lipinski definition) is 5. The van der Waals surface area contributed by atoms with E-state index in [9.17, 15) is 23.1 Å². The predicted octanol–water partition coefficient (Wildman–Crippen LogP) is 3.44. The summed E-state index contributed by atoms with van der Waals surface area (Å²) in [6, 6.07) is 8.21. The molecule has 0 amide bonds. The third-order valence-corrected chi connectivity index (χ3v) is 4.93. The third-order valence-electron chi connectivity index (χ3n) is 4.68. The quantitative estimate of drug-likeness (QED) is 0.516. The minimum Gasteiger partial charge on any atom is -0.382 e. The van der Waals surface area contributed by atoms with Crippen molar-refractivity contribution in [2.24, 2.45) is 7.05 Å². The number of fused-ring (bicyclic) bond motifs is 1. The second-order valence-electron chi connectivity index (χ2n) is 6.92. The van der Waals surface area contributed by atoms with Crippen molar-refractivity contribution in [2.45, 2.75) is 18.8 Å². The zero-order valence-corrected chi connectivity index (χ0v) is 16.8. The summed E-state index contributed by atoms with van der Waals surface area (Å²) in [5.41, 5.74) is 1.50. The van der Waals surface area contributed by atoms with Crippen LogP contribution in [0.5, 0.6) is 0 Å². The van der Waals surface area contributed by atoms with Crippen LogP contribution in [0.4, 0.5) is 13.2 Å². The van der Waals surface area contributed by atoms with Gasteiger partial charge in [0.15, 0.2) is 6.10 Å². The van der Waals surface area contributed by atoms with Gasteiger partial charge in [0.25, 0.3) is 5.56 Å². The highest BCUT2D eigenvalue weighted by molar-refractivity contribution is 6.30. The maximum atomic E-state index is 13.0. The number of aromatic nitrogens is 5. The van der Waals surface area contributed by atoms with Crippen LogP contribution in [0.15, 0.2) is 53.8 Å². The number of halogens is 4. The molecule has 0 saturated heterocycles. The van der Waals surface area contributed by atoms with Gasteiger partial charge in [-0.1, -0.05) is 23.7 Å². The lowest BCUT2D eigenvalue weighted by Gasteiger charge is -2.16. The summed E-state index contributed by atoms with van der Waals surface area (Å²) in [5.74, 6) is 0. The molecular formula is C20H15ClF3N5O2. The summed E-state index contributed by atoms with van der Waals surface area (Å²) in [6.45, 7) is -0.966. The van der Waals surface area contributed by atoms with E-state index in [1.807, 2.05) is 0 Å². The second kappa shape index (κ2) is 7.78. The van der Waals surface area contributed by atoms with Crippen LogP contribution in [0.25, 0.3) is 33.4 Å². The Kier molecular flexibility index (Phi) is 5.28. The highest BCUT2D eigenvalue weighted by Crippen LogP contribution is 2.29. The Labute approximate surface area is 178 Å². The summed E-state index contributed by atoms with van der Waals surface area (Å²) in [7, 11) is 1.72. The van der Waals surface area contributed by atoms with Crippen LogP contribution in [0, 0.1) is 0 Å². The lowest BCUT2D eigenvalue weighted by atomic mass is 10.1. The number of nitrogens with zero attached hydrogens (tertiary/aromatic N) is 5. The van der Waals surface area contributed by atoms with Gasteiger partial charge in [0, 0.05) is 29.4 Å². The summed E-state index contributed by atoms with van der Waals surface area (Å²) in [5, 5.41) is 14.1. The first-order valence-corrected chi connectivity index (χ1v) is 9.41. The number of aliphatic hydroxyl groups is 1. The number of hydrogen-bond donors (Lipinski definition) is 1. The van der Waals surface area contributed by atoms with E-state index in [0.29, 0.717) is 27.5 Å². The zero-order chi connectivity index (χ0) is 22.3. The summed E-state index contributed by atoms with van der Waals surface area (Å²) in [6.07, 6.45) is -3.34. The zero-order valence-electron chi connectivity index (χ0n) is 16.0. The molecule has 0 aliphatic heterocycles. The fourth-order valence-electron chi connectivity index (χ4n) is 3.10. The van der Waals surface area contributed by atoms with E-state index < -0.39 is 24.4 Å². The highest BCUT2D eigenvalue weighted by atomic mass is 35.5. The van der Waals surface area contributed by atoms with Crippen molar-refractivity contribution in [3.63, 3.8) is 0 Å². The molecule has 1 N–H and O–H groups in total. The lowest BCUT2D eigenvalue weighted by molar-refractivity contribution is -0.207. The van der Waals surface area contributed by atoms with Gasteiger partial charge < -0.3 is 5.11 Å². The normalized spacial score (nSPS) is 13.0. The Morgan fingerprint density at radius 2 is 1.90 bits per heavy atom. The first kappa shape index (κ1) is 21.0. The molecule has 7 nitrogen and oxygen atoms in total. The SMILES string of the molecule is Cn1cc(-c2nc(-c3ccc(Cl)cc3)cc3c(=O)n(CC(O)C(F)(F)F)cnc23)cn1. The molecule has 1 atom stereocenters. The van der Waals surface area contributed by atoms with Crippen LogP contribution < -0.4 is 5.56 Å². The highest BCUT2D eigenvalue weighted by Gasteiger charge is 2.38.